The van der Waals surface area contributed by atoms with Gasteiger partial charge in [-0.25, -0.2) is 9.48 Å². The molecule has 0 fully saturated rings. The summed E-state index contributed by atoms with van der Waals surface area (Å²) in [5, 5.41) is 16.3. The Morgan fingerprint density at radius 1 is 1.47 bits per heavy atom. The SMILES string of the molecule is COc1ccc([C@@H]2Cn3ncc(C(=O)O)c3N2)cc1. The highest BCUT2D eigenvalue weighted by atomic mass is 16.5. The van der Waals surface area contributed by atoms with Gasteiger partial charge in [-0.3, -0.25) is 0 Å². The number of nitrogens with zero attached hydrogens (tertiary/aromatic N) is 2. The lowest BCUT2D eigenvalue weighted by Crippen LogP contribution is -2.08. The molecular weight excluding hydrogens is 246 g/mol. The Balaban J connectivity index is 1.84. The average Bonchev–Trinajstić information content (AvgIpc) is 2.98. The number of aromatic carboxylic acids is 1. The lowest BCUT2D eigenvalue weighted by molar-refractivity contribution is 0.0698. The standard InChI is InChI=1S/C13H13N3O3/c1-19-9-4-2-8(3-5-9)11-7-16-12(15-11)10(6-14-16)13(17)18/h2-6,11,15H,7H2,1H3,(H,17,18)/t11-/m0/s1. The summed E-state index contributed by atoms with van der Waals surface area (Å²) in [7, 11) is 1.62. The van der Waals surface area contributed by atoms with Gasteiger partial charge in [0.25, 0.3) is 0 Å². The van der Waals surface area contributed by atoms with Crippen molar-refractivity contribution in [3.8, 4) is 5.75 Å². The molecule has 1 aliphatic heterocycles. The first-order valence-corrected chi connectivity index (χ1v) is 5.88. The van der Waals surface area contributed by atoms with Crippen molar-refractivity contribution < 1.29 is 14.6 Å². The number of carboxylic acid groups (broad SMARTS) is 1. The van der Waals surface area contributed by atoms with E-state index in [1.165, 1.54) is 6.20 Å². The number of rotatable bonds is 3. The number of aromatic nitrogens is 2. The van der Waals surface area contributed by atoms with Gasteiger partial charge >= 0.3 is 5.97 Å². The molecule has 0 spiro atoms. The van der Waals surface area contributed by atoms with Crippen LogP contribution in [0.5, 0.6) is 5.75 Å². The van der Waals surface area contributed by atoms with Crippen LogP contribution >= 0.6 is 0 Å². The smallest absolute Gasteiger partial charge is 0.341 e. The summed E-state index contributed by atoms with van der Waals surface area (Å²) in [6, 6.07) is 7.73. The molecule has 98 valence electrons. The zero-order valence-corrected chi connectivity index (χ0v) is 10.3. The summed E-state index contributed by atoms with van der Waals surface area (Å²) in [6.45, 7) is 0.620. The molecule has 6 heteroatoms. The predicted molar refractivity (Wildman–Crippen MR) is 68.5 cm³/mol. The van der Waals surface area contributed by atoms with Crippen LogP contribution in [0, 0.1) is 0 Å². The van der Waals surface area contributed by atoms with Gasteiger partial charge in [-0.1, -0.05) is 12.1 Å². The maximum absolute atomic E-state index is 11.0. The van der Waals surface area contributed by atoms with Gasteiger partial charge in [0.2, 0.25) is 0 Å². The molecule has 2 N–H and O–H groups in total. The molecular formula is C13H13N3O3. The van der Waals surface area contributed by atoms with Crippen LogP contribution in [-0.4, -0.2) is 28.0 Å². The molecule has 1 aromatic carbocycles. The molecule has 1 aromatic heterocycles. The van der Waals surface area contributed by atoms with Crippen LogP contribution in [0.1, 0.15) is 22.0 Å². The Morgan fingerprint density at radius 3 is 2.84 bits per heavy atom. The van der Waals surface area contributed by atoms with Gasteiger partial charge in [0.05, 0.1) is 25.9 Å². The van der Waals surface area contributed by atoms with Gasteiger partial charge < -0.3 is 15.2 Å². The highest BCUT2D eigenvalue weighted by molar-refractivity contribution is 5.93. The van der Waals surface area contributed by atoms with Gasteiger partial charge in [0.15, 0.2) is 0 Å². The van der Waals surface area contributed by atoms with Gasteiger partial charge in [-0.2, -0.15) is 5.10 Å². The molecule has 19 heavy (non-hydrogen) atoms. The van der Waals surface area contributed by atoms with E-state index in [-0.39, 0.29) is 11.6 Å². The van der Waals surface area contributed by atoms with E-state index in [1.54, 1.807) is 11.8 Å². The topological polar surface area (TPSA) is 76.4 Å². The summed E-state index contributed by atoms with van der Waals surface area (Å²) in [5.41, 5.74) is 1.28. The number of hydrogen-bond donors (Lipinski definition) is 2. The van der Waals surface area contributed by atoms with Crippen LogP contribution in [-0.2, 0) is 6.54 Å². The Morgan fingerprint density at radius 2 is 2.21 bits per heavy atom. The van der Waals surface area contributed by atoms with Crippen molar-refractivity contribution in [2.75, 3.05) is 12.4 Å². The first-order valence-electron chi connectivity index (χ1n) is 5.88. The Bertz CT molecular complexity index is 619. The maximum Gasteiger partial charge on any atom is 0.341 e. The van der Waals surface area contributed by atoms with Crippen LogP contribution in [0.2, 0.25) is 0 Å². The predicted octanol–water partition coefficient (Wildman–Crippen LogP) is 1.76. The van der Waals surface area contributed by atoms with Crippen molar-refractivity contribution in [3.05, 3.63) is 41.6 Å². The summed E-state index contributed by atoms with van der Waals surface area (Å²) in [5.74, 6) is 0.392. The number of hydrogen-bond acceptors (Lipinski definition) is 4. The van der Waals surface area contributed by atoms with Gasteiger partial charge in [-0.15, -0.1) is 0 Å². The minimum atomic E-state index is -0.968. The van der Waals surface area contributed by atoms with Crippen molar-refractivity contribution in [2.45, 2.75) is 12.6 Å². The molecule has 1 aliphatic rings. The molecule has 3 rings (SSSR count). The Hall–Kier alpha value is -2.50. The summed E-state index contributed by atoms with van der Waals surface area (Å²) in [6.07, 6.45) is 1.37. The molecule has 0 aliphatic carbocycles. The van der Waals surface area contributed by atoms with E-state index < -0.39 is 5.97 Å². The molecule has 0 unspecified atom stereocenters. The molecule has 6 nitrogen and oxygen atoms in total. The molecule has 2 heterocycles. The average molecular weight is 259 g/mol. The van der Waals surface area contributed by atoms with Crippen LogP contribution in [0.3, 0.4) is 0 Å². The third kappa shape index (κ3) is 1.91. The van der Waals surface area contributed by atoms with E-state index in [9.17, 15) is 4.79 Å². The minimum Gasteiger partial charge on any atom is -0.497 e. The molecule has 0 amide bonds. The quantitative estimate of drug-likeness (QED) is 0.878. The van der Waals surface area contributed by atoms with Crippen molar-refractivity contribution in [2.24, 2.45) is 0 Å². The van der Waals surface area contributed by atoms with Crippen LogP contribution < -0.4 is 10.1 Å². The largest absolute Gasteiger partial charge is 0.497 e. The van der Waals surface area contributed by atoms with E-state index in [2.05, 4.69) is 10.4 Å². The molecule has 0 bridgehead atoms. The zero-order valence-electron chi connectivity index (χ0n) is 10.3. The second-order valence-corrected chi connectivity index (χ2v) is 4.36. The van der Waals surface area contributed by atoms with Crippen molar-refractivity contribution in [1.82, 2.24) is 9.78 Å². The fraction of sp³-hybridized carbons (Fsp3) is 0.231. The summed E-state index contributed by atoms with van der Waals surface area (Å²) >= 11 is 0. The lowest BCUT2D eigenvalue weighted by Gasteiger charge is -2.11. The van der Waals surface area contributed by atoms with Crippen molar-refractivity contribution in [1.29, 1.82) is 0 Å². The Labute approximate surface area is 109 Å². The number of carboxylic acids is 1. The third-order valence-corrected chi connectivity index (χ3v) is 3.25. The molecule has 0 saturated heterocycles. The van der Waals surface area contributed by atoms with Crippen LogP contribution in [0.15, 0.2) is 30.5 Å². The van der Waals surface area contributed by atoms with Gasteiger partial charge in [0.1, 0.15) is 17.1 Å². The number of benzene rings is 1. The van der Waals surface area contributed by atoms with Crippen molar-refractivity contribution >= 4 is 11.8 Å². The number of carbonyl (C=O) groups is 1. The van der Waals surface area contributed by atoms with Crippen LogP contribution in [0.25, 0.3) is 0 Å². The lowest BCUT2D eigenvalue weighted by atomic mass is 10.1. The van der Waals surface area contributed by atoms with Crippen LogP contribution in [0.4, 0.5) is 5.82 Å². The highest BCUT2D eigenvalue weighted by Crippen LogP contribution is 2.31. The minimum absolute atomic E-state index is 0.0349. The normalized spacial score (nSPS) is 16.8. The summed E-state index contributed by atoms with van der Waals surface area (Å²) in [4.78, 5) is 11.0. The number of methoxy groups -OCH3 is 1. The van der Waals surface area contributed by atoms with E-state index in [0.717, 1.165) is 11.3 Å². The van der Waals surface area contributed by atoms with Crippen molar-refractivity contribution in [3.63, 3.8) is 0 Å². The molecule has 0 saturated carbocycles. The number of fused-ring (bicyclic) bond motifs is 1. The fourth-order valence-corrected chi connectivity index (χ4v) is 2.24. The third-order valence-electron chi connectivity index (χ3n) is 3.25. The second-order valence-electron chi connectivity index (χ2n) is 4.36. The number of anilines is 1. The maximum atomic E-state index is 11.0. The second kappa shape index (κ2) is 4.31. The Kier molecular flexibility index (Phi) is 2.63. The highest BCUT2D eigenvalue weighted by Gasteiger charge is 2.27. The summed E-state index contributed by atoms with van der Waals surface area (Å²) < 4.78 is 6.79. The zero-order chi connectivity index (χ0) is 13.4. The first-order chi connectivity index (χ1) is 9.19. The van der Waals surface area contributed by atoms with E-state index in [4.69, 9.17) is 9.84 Å². The number of ether oxygens (including phenoxy) is 1. The molecule has 1 atom stereocenters. The fourth-order valence-electron chi connectivity index (χ4n) is 2.24. The monoisotopic (exact) mass is 259 g/mol. The number of nitrogens with one attached hydrogen (secondary N) is 1. The van der Waals surface area contributed by atoms with Gasteiger partial charge in [0, 0.05) is 0 Å². The van der Waals surface area contributed by atoms with E-state index >= 15 is 0 Å². The first kappa shape index (κ1) is 11.6. The van der Waals surface area contributed by atoms with E-state index in [1.807, 2.05) is 24.3 Å². The van der Waals surface area contributed by atoms with Gasteiger partial charge in [-0.05, 0) is 17.7 Å². The van der Waals surface area contributed by atoms with E-state index in [0.29, 0.717) is 12.4 Å². The molecule has 2 aromatic rings. The molecule has 0 radical (unpaired) electrons.